The van der Waals surface area contributed by atoms with E-state index in [1.807, 2.05) is 55.5 Å². The summed E-state index contributed by atoms with van der Waals surface area (Å²) in [5.41, 5.74) is 7.35. The lowest BCUT2D eigenvalue weighted by Gasteiger charge is -2.22. The van der Waals surface area contributed by atoms with E-state index >= 15 is 0 Å². The van der Waals surface area contributed by atoms with Gasteiger partial charge in [-0.3, -0.25) is 9.69 Å². The molecule has 4 rings (SSSR count). The highest BCUT2D eigenvalue weighted by molar-refractivity contribution is 6.06. The summed E-state index contributed by atoms with van der Waals surface area (Å²) in [6.07, 6.45) is 0.275. The van der Waals surface area contributed by atoms with Gasteiger partial charge < -0.3 is 21.1 Å². The Labute approximate surface area is 191 Å². The second-order valence-electron chi connectivity index (χ2n) is 8.02. The molecule has 2 heterocycles. The molecule has 0 bridgehead atoms. The van der Waals surface area contributed by atoms with Crippen molar-refractivity contribution in [2.45, 2.75) is 32.4 Å². The molecule has 170 valence electrons. The van der Waals surface area contributed by atoms with E-state index in [-0.39, 0.29) is 36.6 Å². The van der Waals surface area contributed by atoms with E-state index in [2.05, 4.69) is 25.6 Å². The number of carbonyl (C=O) groups excluding carboxylic acids is 2. The molecule has 0 unspecified atom stereocenters. The van der Waals surface area contributed by atoms with Crippen molar-refractivity contribution in [1.82, 2.24) is 25.2 Å². The number of benzene rings is 2. The molecule has 3 amide bonds. The fourth-order valence-corrected chi connectivity index (χ4v) is 3.78. The molecule has 1 aliphatic heterocycles. The van der Waals surface area contributed by atoms with Crippen molar-refractivity contribution < 1.29 is 14.3 Å². The van der Waals surface area contributed by atoms with Gasteiger partial charge in [-0.25, -0.2) is 4.79 Å². The number of rotatable bonds is 7. The van der Waals surface area contributed by atoms with Crippen molar-refractivity contribution in [2.24, 2.45) is 0 Å². The lowest BCUT2D eigenvalue weighted by molar-refractivity contribution is -0.131. The number of nitrogen functional groups attached to an aromatic ring is 1. The number of imide groups is 1. The molecule has 33 heavy (non-hydrogen) atoms. The summed E-state index contributed by atoms with van der Waals surface area (Å²) in [5.74, 6) is 0.682. The van der Waals surface area contributed by atoms with Crippen LogP contribution >= 0.6 is 0 Å². The minimum atomic E-state index is -1.13. The van der Waals surface area contributed by atoms with Crippen molar-refractivity contribution in [3.05, 3.63) is 65.5 Å². The molecule has 1 saturated heterocycles. The summed E-state index contributed by atoms with van der Waals surface area (Å²) < 4.78 is 5.38. The highest BCUT2D eigenvalue weighted by Gasteiger charge is 2.48. The number of nitrogens with one attached hydrogen (secondary N) is 2. The van der Waals surface area contributed by atoms with Crippen LogP contribution < -0.4 is 21.1 Å². The van der Waals surface area contributed by atoms with Gasteiger partial charge in [0.1, 0.15) is 11.3 Å². The second kappa shape index (κ2) is 8.73. The molecule has 10 heteroatoms. The van der Waals surface area contributed by atoms with Gasteiger partial charge in [0.15, 0.2) is 5.82 Å². The molecular weight excluding hydrogens is 422 g/mol. The van der Waals surface area contributed by atoms with Crippen molar-refractivity contribution in [1.29, 1.82) is 0 Å². The Bertz CT molecular complexity index is 1220. The average molecular weight is 447 g/mol. The van der Waals surface area contributed by atoms with Crippen LogP contribution in [-0.4, -0.2) is 44.4 Å². The molecule has 0 spiro atoms. The van der Waals surface area contributed by atoms with E-state index in [4.69, 9.17) is 10.5 Å². The zero-order valence-electron chi connectivity index (χ0n) is 18.6. The molecule has 0 aliphatic carbocycles. The fourth-order valence-electron chi connectivity index (χ4n) is 3.78. The van der Waals surface area contributed by atoms with Crippen molar-refractivity contribution in [3.8, 4) is 5.75 Å². The first kappa shape index (κ1) is 22.0. The number of para-hydroxylation sites is 2. The Morgan fingerprint density at radius 2 is 1.82 bits per heavy atom. The van der Waals surface area contributed by atoms with E-state index in [0.29, 0.717) is 5.75 Å². The second-order valence-corrected chi connectivity index (χ2v) is 8.02. The predicted octanol–water partition coefficient (Wildman–Crippen LogP) is 2.57. The SMILES string of the molecule is COc1ccccc1C[C@@]1(C)NC(=O)N(Cc2nc(N)nc(Nc3ccccc3C)n2)C1=O. The maximum atomic E-state index is 13.2. The third-order valence-corrected chi connectivity index (χ3v) is 5.47. The summed E-state index contributed by atoms with van der Waals surface area (Å²) in [5, 5.41) is 5.89. The maximum Gasteiger partial charge on any atom is 0.325 e. The number of hydrogen-bond acceptors (Lipinski definition) is 8. The number of anilines is 3. The number of urea groups is 1. The van der Waals surface area contributed by atoms with Crippen LogP contribution in [0.3, 0.4) is 0 Å². The van der Waals surface area contributed by atoms with E-state index in [1.54, 1.807) is 14.0 Å². The van der Waals surface area contributed by atoms with Crippen molar-refractivity contribution in [3.63, 3.8) is 0 Å². The Balaban J connectivity index is 1.54. The number of aryl methyl sites for hydroxylation is 1. The van der Waals surface area contributed by atoms with Gasteiger partial charge in [0, 0.05) is 12.1 Å². The Hall–Kier alpha value is -4.21. The van der Waals surface area contributed by atoms with E-state index < -0.39 is 11.6 Å². The zero-order valence-corrected chi connectivity index (χ0v) is 18.6. The van der Waals surface area contributed by atoms with Crippen LogP contribution in [0.4, 0.5) is 22.4 Å². The standard InChI is InChI=1S/C23H25N7O3/c1-14-8-4-6-10-16(14)25-21-27-18(26-20(24)28-21)13-30-19(31)23(2,29-22(30)32)12-15-9-5-7-11-17(15)33-3/h4-11H,12-13H2,1-3H3,(H,29,32)(H3,24,25,26,27,28)/t23-/m1/s1. The van der Waals surface area contributed by atoms with Crippen LogP contribution in [-0.2, 0) is 17.8 Å². The first-order valence-electron chi connectivity index (χ1n) is 10.4. The number of carbonyl (C=O) groups is 2. The fraction of sp³-hybridized carbons (Fsp3) is 0.261. The summed E-state index contributed by atoms with van der Waals surface area (Å²) in [4.78, 5) is 39.6. The van der Waals surface area contributed by atoms with Crippen molar-refractivity contribution >= 4 is 29.5 Å². The molecule has 0 saturated carbocycles. The quantitative estimate of drug-likeness (QED) is 0.470. The molecule has 10 nitrogen and oxygen atoms in total. The number of nitrogens with zero attached hydrogens (tertiary/aromatic N) is 4. The third-order valence-electron chi connectivity index (χ3n) is 5.47. The topological polar surface area (TPSA) is 135 Å². The van der Waals surface area contributed by atoms with Gasteiger partial charge in [-0.05, 0) is 37.1 Å². The number of aromatic nitrogens is 3. The highest BCUT2D eigenvalue weighted by atomic mass is 16.5. The predicted molar refractivity (Wildman–Crippen MR) is 123 cm³/mol. The first-order valence-corrected chi connectivity index (χ1v) is 10.4. The lowest BCUT2D eigenvalue weighted by Crippen LogP contribution is -2.46. The molecule has 1 aromatic heterocycles. The number of amides is 3. The number of nitrogens with two attached hydrogens (primary N) is 1. The van der Waals surface area contributed by atoms with Gasteiger partial charge in [-0.2, -0.15) is 15.0 Å². The van der Waals surface area contributed by atoms with Gasteiger partial charge in [0.2, 0.25) is 11.9 Å². The monoisotopic (exact) mass is 447 g/mol. The third kappa shape index (κ3) is 4.54. The average Bonchev–Trinajstić information content (AvgIpc) is 2.98. The van der Waals surface area contributed by atoms with Gasteiger partial charge in [0.25, 0.3) is 5.91 Å². The zero-order chi connectivity index (χ0) is 23.6. The smallest absolute Gasteiger partial charge is 0.325 e. The normalized spacial score (nSPS) is 17.7. The van der Waals surface area contributed by atoms with Crippen LogP contribution in [0.2, 0.25) is 0 Å². The molecule has 1 atom stereocenters. The van der Waals surface area contributed by atoms with E-state index in [1.165, 1.54) is 0 Å². The Morgan fingerprint density at radius 1 is 1.09 bits per heavy atom. The molecule has 3 aromatic rings. The van der Waals surface area contributed by atoms with Crippen LogP contribution in [0.15, 0.2) is 48.5 Å². The Morgan fingerprint density at radius 3 is 2.58 bits per heavy atom. The minimum absolute atomic E-state index is 0.0140. The molecule has 4 N–H and O–H groups in total. The molecule has 2 aromatic carbocycles. The van der Waals surface area contributed by atoms with E-state index in [9.17, 15) is 9.59 Å². The minimum Gasteiger partial charge on any atom is -0.496 e. The molecule has 1 aliphatic rings. The number of hydrogen-bond donors (Lipinski definition) is 3. The number of methoxy groups -OCH3 is 1. The first-order chi connectivity index (χ1) is 15.8. The molecular formula is C23H25N7O3. The number of ether oxygens (including phenoxy) is 1. The lowest BCUT2D eigenvalue weighted by atomic mass is 9.92. The van der Waals surface area contributed by atoms with Crippen LogP contribution in [0.25, 0.3) is 0 Å². The summed E-state index contributed by atoms with van der Waals surface area (Å²) in [7, 11) is 1.57. The van der Waals surface area contributed by atoms with Crippen LogP contribution in [0.1, 0.15) is 23.9 Å². The highest BCUT2D eigenvalue weighted by Crippen LogP contribution is 2.28. The van der Waals surface area contributed by atoms with Gasteiger partial charge in [0.05, 0.1) is 13.7 Å². The van der Waals surface area contributed by atoms with Gasteiger partial charge >= 0.3 is 6.03 Å². The van der Waals surface area contributed by atoms with Gasteiger partial charge in [-0.1, -0.05) is 36.4 Å². The largest absolute Gasteiger partial charge is 0.496 e. The molecule has 1 fully saturated rings. The maximum absolute atomic E-state index is 13.2. The van der Waals surface area contributed by atoms with Crippen LogP contribution in [0.5, 0.6) is 5.75 Å². The summed E-state index contributed by atoms with van der Waals surface area (Å²) >= 11 is 0. The summed E-state index contributed by atoms with van der Waals surface area (Å²) in [6, 6.07) is 14.5. The van der Waals surface area contributed by atoms with Gasteiger partial charge in [-0.15, -0.1) is 0 Å². The summed E-state index contributed by atoms with van der Waals surface area (Å²) in [6.45, 7) is 3.50. The molecule has 0 radical (unpaired) electrons. The van der Waals surface area contributed by atoms with E-state index in [0.717, 1.165) is 21.7 Å². The Kier molecular flexibility index (Phi) is 5.82. The van der Waals surface area contributed by atoms with Crippen LogP contribution in [0, 0.1) is 6.92 Å². The van der Waals surface area contributed by atoms with Crippen molar-refractivity contribution in [2.75, 3.05) is 18.2 Å².